The molecule has 0 aliphatic rings. The monoisotopic (exact) mass is 442 g/mol. The summed E-state index contributed by atoms with van der Waals surface area (Å²) in [7, 11) is 0. The van der Waals surface area contributed by atoms with Crippen molar-refractivity contribution in [2.75, 3.05) is 18.5 Å². The highest BCUT2D eigenvalue weighted by Gasteiger charge is 2.13. The fourth-order valence-electron chi connectivity index (χ4n) is 3.03. The maximum Gasteiger partial charge on any atom is 0.339 e. The van der Waals surface area contributed by atoms with Crippen LogP contribution >= 0.6 is 23.2 Å². The minimum absolute atomic E-state index is 0.116. The first-order chi connectivity index (χ1) is 14.5. The molecular weight excluding hydrogens is 427 g/mol. The van der Waals surface area contributed by atoms with E-state index in [2.05, 4.69) is 15.3 Å². The van der Waals surface area contributed by atoms with Crippen LogP contribution < -0.4 is 10.1 Å². The summed E-state index contributed by atoms with van der Waals surface area (Å²) < 4.78 is 7.48. The second-order valence-electron chi connectivity index (χ2n) is 6.33. The molecule has 0 fully saturated rings. The van der Waals surface area contributed by atoms with Crippen LogP contribution in [0.5, 0.6) is 5.75 Å². The number of para-hydroxylation sites is 1. The molecule has 2 aromatic heterocycles. The molecule has 4 aromatic rings. The smallest absolute Gasteiger partial charge is 0.339 e. The third kappa shape index (κ3) is 4.03. The molecule has 0 spiro atoms. The number of aromatic carboxylic acids is 1. The van der Waals surface area contributed by atoms with Crippen molar-refractivity contribution in [3.8, 4) is 11.4 Å². The number of halogens is 2. The van der Waals surface area contributed by atoms with Gasteiger partial charge in [0.15, 0.2) is 0 Å². The second-order valence-corrected chi connectivity index (χ2v) is 7.12. The lowest BCUT2D eigenvalue weighted by Gasteiger charge is -2.14. The number of aromatic nitrogens is 3. The minimum atomic E-state index is -1.04. The van der Waals surface area contributed by atoms with Gasteiger partial charge in [-0.3, -0.25) is 0 Å². The van der Waals surface area contributed by atoms with Crippen molar-refractivity contribution < 1.29 is 14.6 Å². The summed E-state index contributed by atoms with van der Waals surface area (Å²) in [6, 6.07) is 12.0. The number of pyridine rings is 1. The quantitative estimate of drug-likeness (QED) is 0.395. The first-order valence-corrected chi connectivity index (χ1v) is 9.76. The SMILES string of the molecule is O=C(O)c1ccccc1OCCNc1cc(-n2ccnc2)c2ccc(Cl)c(Cl)c2n1. The van der Waals surface area contributed by atoms with Crippen molar-refractivity contribution in [3.05, 3.63) is 76.8 Å². The predicted molar refractivity (Wildman–Crippen MR) is 116 cm³/mol. The molecule has 0 saturated carbocycles. The van der Waals surface area contributed by atoms with E-state index in [1.54, 1.807) is 36.8 Å². The Morgan fingerprint density at radius 2 is 2.03 bits per heavy atom. The summed E-state index contributed by atoms with van der Waals surface area (Å²) in [5, 5.41) is 14.0. The van der Waals surface area contributed by atoms with Gasteiger partial charge < -0.3 is 19.7 Å². The third-order valence-electron chi connectivity index (χ3n) is 4.42. The number of nitrogens with one attached hydrogen (secondary N) is 1. The molecule has 0 aliphatic carbocycles. The van der Waals surface area contributed by atoms with Gasteiger partial charge in [0.1, 0.15) is 23.7 Å². The molecule has 2 aromatic carbocycles. The summed E-state index contributed by atoms with van der Waals surface area (Å²) in [5.41, 5.74) is 1.52. The molecule has 152 valence electrons. The molecule has 0 atom stereocenters. The van der Waals surface area contributed by atoms with Crippen LogP contribution in [0.25, 0.3) is 16.6 Å². The zero-order valence-corrected chi connectivity index (χ0v) is 17.1. The highest BCUT2D eigenvalue weighted by Crippen LogP contribution is 2.33. The normalized spacial score (nSPS) is 10.9. The number of nitrogens with zero attached hydrogens (tertiary/aromatic N) is 3. The van der Waals surface area contributed by atoms with E-state index in [1.165, 1.54) is 6.07 Å². The molecule has 0 unspecified atom stereocenters. The lowest BCUT2D eigenvalue weighted by Crippen LogP contribution is -2.14. The zero-order valence-electron chi connectivity index (χ0n) is 15.5. The van der Waals surface area contributed by atoms with Crippen LogP contribution in [-0.4, -0.2) is 38.8 Å². The van der Waals surface area contributed by atoms with Crippen molar-refractivity contribution in [3.63, 3.8) is 0 Å². The van der Waals surface area contributed by atoms with E-state index < -0.39 is 5.97 Å². The van der Waals surface area contributed by atoms with Gasteiger partial charge in [0.2, 0.25) is 0 Å². The Balaban J connectivity index is 1.56. The van der Waals surface area contributed by atoms with Crippen LogP contribution in [0, 0.1) is 0 Å². The highest BCUT2D eigenvalue weighted by atomic mass is 35.5. The van der Waals surface area contributed by atoms with Gasteiger partial charge >= 0.3 is 5.97 Å². The van der Waals surface area contributed by atoms with Gasteiger partial charge in [-0.1, -0.05) is 35.3 Å². The second kappa shape index (κ2) is 8.61. The number of carboxylic acid groups (broad SMARTS) is 1. The van der Waals surface area contributed by atoms with E-state index in [-0.39, 0.29) is 12.2 Å². The number of fused-ring (bicyclic) bond motifs is 1. The van der Waals surface area contributed by atoms with E-state index in [0.29, 0.717) is 33.7 Å². The summed E-state index contributed by atoms with van der Waals surface area (Å²) in [4.78, 5) is 20.0. The summed E-state index contributed by atoms with van der Waals surface area (Å²) in [5.74, 6) is -0.149. The Bertz CT molecular complexity index is 1210. The first-order valence-electron chi connectivity index (χ1n) is 9.00. The molecule has 0 amide bonds. The first kappa shape index (κ1) is 20.0. The average Bonchev–Trinajstić information content (AvgIpc) is 3.28. The molecular formula is C21H16Cl2N4O3. The molecule has 2 heterocycles. The standard InChI is InChI=1S/C21H16Cl2N4O3/c22-15-6-5-13-16(27-9-7-24-12-27)11-18(26-20(13)19(15)23)25-8-10-30-17-4-2-1-3-14(17)21(28)29/h1-7,9,11-12H,8,10H2,(H,25,26)(H,28,29). The van der Waals surface area contributed by atoms with E-state index in [4.69, 9.17) is 27.9 Å². The fourth-order valence-corrected chi connectivity index (χ4v) is 3.39. The lowest BCUT2D eigenvalue weighted by atomic mass is 10.1. The molecule has 0 radical (unpaired) electrons. The summed E-state index contributed by atoms with van der Waals surface area (Å²) in [6.07, 6.45) is 5.20. The Hall–Kier alpha value is -3.29. The number of carboxylic acids is 1. The van der Waals surface area contributed by atoms with Crippen molar-refractivity contribution >= 4 is 45.9 Å². The number of hydrogen-bond acceptors (Lipinski definition) is 5. The average molecular weight is 443 g/mol. The fraction of sp³-hybridized carbons (Fsp3) is 0.0952. The number of rotatable bonds is 7. The molecule has 2 N–H and O–H groups in total. The van der Waals surface area contributed by atoms with E-state index >= 15 is 0 Å². The molecule has 4 rings (SSSR count). The summed E-state index contributed by atoms with van der Waals surface area (Å²) >= 11 is 12.6. The van der Waals surface area contributed by atoms with Crippen molar-refractivity contribution in [2.24, 2.45) is 0 Å². The topological polar surface area (TPSA) is 89.3 Å². The maximum atomic E-state index is 11.3. The van der Waals surface area contributed by atoms with Gasteiger partial charge in [0.25, 0.3) is 0 Å². The Morgan fingerprint density at radius 3 is 2.80 bits per heavy atom. The maximum absolute atomic E-state index is 11.3. The molecule has 7 nitrogen and oxygen atoms in total. The van der Waals surface area contributed by atoms with Crippen molar-refractivity contribution in [1.29, 1.82) is 0 Å². The number of carbonyl (C=O) groups is 1. The van der Waals surface area contributed by atoms with Crippen LogP contribution in [-0.2, 0) is 0 Å². The molecule has 30 heavy (non-hydrogen) atoms. The van der Waals surface area contributed by atoms with E-state index in [0.717, 1.165) is 11.1 Å². The molecule has 9 heteroatoms. The number of benzene rings is 2. The van der Waals surface area contributed by atoms with Gasteiger partial charge in [-0.05, 0) is 24.3 Å². The Morgan fingerprint density at radius 1 is 1.20 bits per heavy atom. The van der Waals surface area contributed by atoms with Gasteiger partial charge in [-0.25, -0.2) is 14.8 Å². The van der Waals surface area contributed by atoms with Crippen LogP contribution in [0.15, 0.2) is 61.2 Å². The Labute approximate surface area is 181 Å². The lowest BCUT2D eigenvalue weighted by molar-refractivity contribution is 0.0692. The Kier molecular flexibility index (Phi) is 5.74. The van der Waals surface area contributed by atoms with Crippen LogP contribution in [0.3, 0.4) is 0 Å². The largest absolute Gasteiger partial charge is 0.491 e. The number of imidazole rings is 1. The third-order valence-corrected chi connectivity index (χ3v) is 5.21. The van der Waals surface area contributed by atoms with Gasteiger partial charge in [0.05, 0.1) is 34.1 Å². The predicted octanol–water partition coefficient (Wildman–Crippen LogP) is 4.92. The molecule has 0 bridgehead atoms. The molecule has 0 saturated heterocycles. The number of anilines is 1. The summed E-state index contributed by atoms with van der Waals surface area (Å²) in [6.45, 7) is 0.641. The number of ether oxygens (including phenoxy) is 1. The van der Waals surface area contributed by atoms with Crippen LogP contribution in [0.4, 0.5) is 5.82 Å². The van der Waals surface area contributed by atoms with Gasteiger partial charge in [0, 0.05) is 23.8 Å². The highest BCUT2D eigenvalue weighted by molar-refractivity contribution is 6.45. The van der Waals surface area contributed by atoms with Crippen molar-refractivity contribution in [1.82, 2.24) is 14.5 Å². The van der Waals surface area contributed by atoms with Gasteiger partial charge in [-0.2, -0.15) is 0 Å². The van der Waals surface area contributed by atoms with Crippen molar-refractivity contribution in [2.45, 2.75) is 0 Å². The number of hydrogen-bond donors (Lipinski definition) is 2. The minimum Gasteiger partial charge on any atom is -0.491 e. The molecule has 0 aliphatic heterocycles. The van der Waals surface area contributed by atoms with Crippen LogP contribution in [0.2, 0.25) is 10.0 Å². The van der Waals surface area contributed by atoms with E-state index in [1.807, 2.05) is 22.9 Å². The van der Waals surface area contributed by atoms with Gasteiger partial charge in [-0.15, -0.1) is 0 Å². The van der Waals surface area contributed by atoms with Crippen LogP contribution in [0.1, 0.15) is 10.4 Å². The zero-order chi connectivity index (χ0) is 21.1. The van der Waals surface area contributed by atoms with E-state index in [9.17, 15) is 9.90 Å².